The van der Waals surface area contributed by atoms with Crippen molar-refractivity contribution in [1.29, 1.82) is 0 Å². The van der Waals surface area contributed by atoms with Crippen LogP contribution in [-0.2, 0) is 6.42 Å². The van der Waals surface area contributed by atoms with Crippen LogP contribution in [0.3, 0.4) is 0 Å². The first-order chi connectivity index (χ1) is 10.8. The van der Waals surface area contributed by atoms with E-state index in [1.165, 1.54) is 5.56 Å². The molecule has 0 aliphatic rings. The van der Waals surface area contributed by atoms with Gasteiger partial charge in [0.1, 0.15) is 0 Å². The second-order valence-electron chi connectivity index (χ2n) is 5.10. The molecule has 0 aromatic heterocycles. The van der Waals surface area contributed by atoms with Crippen molar-refractivity contribution in [2.75, 3.05) is 19.6 Å². The Morgan fingerprint density at radius 2 is 1.64 bits per heavy atom. The number of hydrogen-bond donors (Lipinski definition) is 2. The highest BCUT2D eigenvalue weighted by Gasteiger charge is 2.03. The number of benzene rings is 2. The first-order valence-electron chi connectivity index (χ1n) is 7.54. The predicted molar refractivity (Wildman–Crippen MR) is 91.4 cm³/mol. The normalized spacial score (nSPS) is 10.4. The van der Waals surface area contributed by atoms with E-state index in [0.29, 0.717) is 17.1 Å². The monoisotopic (exact) mass is 316 g/mol. The molecule has 0 bridgehead atoms. The second-order valence-corrected chi connectivity index (χ2v) is 5.54. The average Bonchev–Trinajstić information content (AvgIpc) is 2.55. The van der Waals surface area contributed by atoms with Gasteiger partial charge in [-0.1, -0.05) is 41.9 Å². The van der Waals surface area contributed by atoms with Crippen molar-refractivity contribution in [1.82, 2.24) is 10.6 Å². The van der Waals surface area contributed by atoms with Crippen LogP contribution in [0, 0.1) is 0 Å². The fourth-order valence-corrected chi connectivity index (χ4v) is 2.25. The Morgan fingerprint density at radius 3 is 2.36 bits per heavy atom. The summed E-state index contributed by atoms with van der Waals surface area (Å²) in [7, 11) is 0. The highest BCUT2D eigenvalue weighted by atomic mass is 35.5. The van der Waals surface area contributed by atoms with Gasteiger partial charge in [0.05, 0.1) is 0 Å². The lowest BCUT2D eigenvalue weighted by Gasteiger charge is -2.07. The summed E-state index contributed by atoms with van der Waals surface area (Å²) in [6.07, 6.45) is 1.94. The van der Waals surface area contributed by atoms with E-state index in [1.54, 1.807) is 24.3 Å². The molecule has 2 N–H and O–H groups in total. The third-order valence-corrected chi connectivity index (χ3v) is 3.61. The summed E-state index contributed by atoms with van der Waals surface area (Å²) >= 11 is 5.80. The Bertz CT molecular complexity index is 569. The average molecular weight is 317 g/mol. The zero-order valence-corrected chi connectivity index (χ0v) is 13.3. The summed E-state index contributed by atoms with van der Waals surface area (Å²) in [5.74, 6) is -0.0547. The summed E-state index contributed by atoms with van der Waals surface area (Å²) in [5, 5.41) is 6.93. The Morgan fingerprint density at radius 1 is 0.909 bits per heavy atom. The minimum absolute atomic E-state index is 0.0547. The largest absolute Gasteiger partial charge is 0.352 e. The number of nitrogens with one attached hydrogen (secondary N) is 2. The smallest absolute Gasteiger partial charge is 0.251 e. The van der Waals surface area contributed by atoms with Crippen molar-refractivity contribution in [3.8, 4) is 0 Å². The van der Waals surface area contributed by atoms with Crippen molar-refractivity contribution < 1.29 is 4.79 Å². The van der Waals surface area contributed by atoms with Gasteiger partial charge in [-0.25, -0.2) is 0 Å². The molecule has 0 radical (unpaired) electrons. The first kappa shape index (κ1) is 16.5. The van der Waals surface area contributed by atoms with Gasteiger partial charge in [-0.05, 0) is 55.8 Å². The summed E-state index contributed by atoms with van der Waals surface area (Å²) in [5.41, 5.74) is 1.98. The van der Waals surface area contributed by atoms with Crippen molar-refractivity contribution in [2.45, 2.75) is 12.8 Å². The number of carbonyl (C=O) groups is 1. The van der Waals surface area contributed by atoms with Crippen LogP contribution in [0.2, 0.25) is 5.02 Å². The number of halogens is 1. The fraction of sp³-hybridized carbons (Fsp3) is 0.278. The van der Waals surface area contributed by atoms with Crippen LogP contribution in [0.15, 0.2) is 54.6 Å². The van der Waals surface area contributed by atoms with Gasteiger partial charge in [0.15, 0.2) is 0 Å². The Balaban J connectivity index is 1.54. The molecule has 0 aliphatic carbocycles. The molecular formula is C18H21ClN2O. The number of carbonyl (C=O) groups excluding carboxylic acids is 1. The van der Waals surface area contributed by atoms with E-state index in [-0.39, 0.29) is 5.91 Å². The molecule has 2 rings (SSSR count). The van der Waals surface area contributed by atoms with Gasteiger partial charge >= 0.3 is 0 Å². The summed E-state index contributed by atoms with van der Waals surface area (Å²) < 4.78 is 0. The van der Waals surface area contributed by atoms with Gasteiger partial charge < -0.3 is 10.6 Å². The predicted octanol–water partition coefficient (Wildman–Crippen LogP) is 3.29. The minimum atomic E-state index is -0.0547. The van der Waals surface area contributed by atoms with Gasteiger partial charge in [-0.15, -0.1) is 0 Å². The van der Waals surface area contributed by atoms with Crippen LogP contribution in [-0.4, -0.2) is 25.5 Å². The maximum atomic E-state index is 11.9. The van der Waals surface area contributed by atoms with Crippen LogP contribution in [0.5, 0.6) is 0 Å². The maximum absolute atomic E-state index is 11.9. The van der Waals surface area contributed by atoms with Crippen LogP contribution in [0.25, 0.3) is 0 Å². The fourth-order valence-electron chi connectivity index (χ4n) is 2.12. The van der Waals surface area contributed by atoms with E-state index in [9.17, 15) is 4.79 Å². The zero-order chi connectivity index (χ0) is 15.6. The van der Waals surface area contributed by atoms with Crippen molar-refractivity contribution in [2.24, 2.45) is 0 Å². The molecule has 4 heteroatoms. The summed E-state index contributed by atoms with van der Waals surface area (Å²) in [6, 6.07) is 17.3. The molecule has 3 nitrogen and oxygen atoms in total. The molecule has 0 fully saturated rings. The van der Waals surface area contributed by atoms with E-state index in [2.05, 4.69) is 34.9 Å². The maximum Gasteiger partial charge on any atom is 0.251 e. The Hall–Kier alpha value is -1.84. The van der Waals surface area contributed by atoms with Crippen LogP contribution < -0.4 is 10.6 Å². The summed E-state index contributed by atoms with van der Waals surface area (Å²) in [6.45, 7) is 2.52. The highest BCUT2D eigenvalue weighted by Crippen LogP contribution is 2.09. The molecule has 0 atom stereocenters. The number of amides is 1. The van der Waals surface area contributed by atoms with Gasteiger partial charge in [-0.2, -0.15) is 0 Å². The van der Waals surface area contributed by atoms with Crippen LogP contribution in [0.4, 0.5) is 0 Å². The molecule has 1 amide bonds. The van der Waals surface area contributed by atoms with Crippen molar-refractivity contribution in [3.63, 3.8) is 0 Å². The molecule has 0 unspecified atom stereocenters. The molecule has 0 saturated carbocycles. The minimum Gasteiger partial charge on any atom is -0.352 e. The molecule has 2 aromatic rings. The van der Waals surface area contributed by atoms with Gasteiger partial charge in [0.25, 0.3) is 5.91 Å². The topological polar surface area (TPSA) is 41.1 Å². The molecule has 2 aromatic carbocycles. The number of rotatable bonds is 8. The van der Waals surface area contributed by atoms with Crippen molar-refractivity contribution in [3.05, 3.63) is 70.7 Å². The Kier molecular flexibility index (Phi) is 6.94. The lowest BCUT2D eigenvalue weighted by Crippen LogP contribution is -2.27. The molecule has 0 spiro atoms. The molecule has 0 aliphatic heterocycles. The first-order valence-corrected chi connectivity index (χ1v) is 7.92. The van der Waals surface area contributed by atoms with E-state index in [0.717, 1.165) is 25.9 Å². The molecule has 22 heavy (non-hydrogen) atoms. The summed E-state index contributed by atoms with van der Waals surface area (Å²) in [4.78, 5) is 11.9. The lowest BCUT2D eigenvalue weighted by molar-refractivity contribution is 0.0953. The molecule has 0 heterocycles. The SMILES string of the molecule is O=C(NCCCNCCc1ccccc1)c1ccc(Cl)cc1. The van der Waals surface area contributed by atoms with E-state index in [1.807, 2.05) is 6.07 Å². The van der Waals surface area contributed by atoms with Crippen LogP contribution in [0.1, 0.15) is 22.3 Å². The standard InChI is InChI=1S/C18H21ClN2O/c19-17-9-7-16(8-10-17)18(22)21-13-4-12-20-14-11-15-5-2-1-3-6-15/h1-3,5-10,20H,4,11-14H2,(H,21,22). The molecular weight excluding hydrogens is 296 g/mol. The van der Waals surface area contributed by atoms with Crippen molar-refractivity contribution >= 4 is 17.5 Å². The van der Waals surface area contributed by atoms with E-state index < -0.39 is 0 Å². The molecule has 116 valence electrons. The quantitative estimate of drug-likeness (QED) is 0.734. The lowest BCUT2D eigenvalue weighted by atomic mass is 10.1. The third-order valence-electron chi connectivity index (χ3n) is 3.36. The number of hydrogen-bond acceptors (Lipinski definition) is 2. The van der Waals surface area contributed by atoms with E-state index in [4.69, 9.17) is 11.6 Å². The third kappa shape index (κ3) is 5.88. The highest BCUT2D eigenvalue weighted by molar-refractivity contribution is 6.30. The van der Waals surface area contributed by atoms with Gasteiger partial charge in [0, 0.05) is 17.1 Å². The zero-order valence-electron chi connectivity index (χ0n) is 12.5. The van der Waals surface area contributed by atoms with Gasteiger partial charge in [0.2, 0.25) is 0 Å². The van der Waals surface area contributed by atoms with Gasteiger partial charge in [-0.3, -0.25) is 4.79 Å². The van der Waals surface area contributed by atoms with Crippen LogP contribution >= 0.6 is 11.6 Å². The second kappa shape index (κ2) is 9.23. The Labute approximate surface area is 136 Å². The molecule has 0 saturated heterocycles. The van der Waals surface area contributed by atoms with E-state index >= 15 is 0 Å².